The number of para-hydroxylation sites is 1. The number of ether oxygens (including phenoxy) is 2. The Kier molecular flexibility index (Phi) is 7.78. The molecular formula is C36H29NO6. The number of hydrogen-bond donors (Lipinski definition) is 1. The van der Waals surface area contributed by atoms with Crippen LogP contribution in [-0.4, -0.2) is 21.7 Å². The number of aliphatic hydroxyl groups is 1. The molecule has 4 aromatic carbocycles. The van der Waals surface area contributed by atoms with Crippen molar-refractivity contribution in [1.29, 1.82) is 0 Å². The zero-order valence-electron chi connectivity index (χ0n) is 23.5. The third-order valence-corrected chi connectivity index (χ3v) is 7.38. The van der Waals surface area contributed by atoms with E-state index < -0.39 is 17.7 Å². The van der Waals surface area contributed by atoms with Crippen LogP contribution >= 0.6 is 0 Å². The molecule has 0 spiro atoms. The summed E-state index contributed by atoms with van der Waals surface area (Å²) in [6.07, 6.45) is 1.51. The van der Waals surface area contributed by atoms with Crippen molar-refractivity contribution in [1.82, 2.24) is 4.90 Å². The van der Waals surface area contributed by atoms with Crippen LogP contribution in [0.25, 0.3) is 5.76 Å². The number of aryl methyl sites for hydroxylation is 1. The number of carbonyl (C=O) groups is 2. The number of carbonyl (C=O) groups excluding carboxylic acids is 2. The lowest BCUT2D eigenvalue weighted by atomic mass is 9.95. The monoisotopic (exact) mass is 571 g/mol. The lowest BCUT2D eigenvalue weighted by Crippen LogP contribution is -2.29. The van der Waals surface area contributed by atoms with Gasteiger partial charge < -0.3 is 23.9 Å². The second kappa shape index (κ2) is 12.1. The number of ketones is 1. The molecule has 43 heavy (non-hydrogen) atoms. The van der Waals surface area contributed by atoms with E-state index in [0.29, 0.717) is 40.7 Å². The van der Waals surface area contributed by atoms with Crippen LogP contribution in [-0.2, 0) is 22.7 Å². The quantitative estimate of drug-likeness (QED) is 0.111. The lowest BCUT2D eigenvalue weighted by Gasteiger charge is -2.25. The Morgan fingerprint density at radius 2 is 1.56 bits per heavy atom. The number of aliphatic hydroxyl groups excluding tert-OH is 1. The highest BCUT2D eigenvalue weighted by Gasteiger charge is 2.46. The summed E-state index contributed by atoms with van der Waals surface area (Å²) in [6, 6.07) is 33.9. The molecule has 1 N–H and O–H groups in total. The summed E-state index contributed by atoms with van der Waals surface area (Å²) in [5.74, 6) is 0.527. The second-order valence-electron chi connectivity index (χ2n) is 10.2. The molecule has 0 aliphatic carbocycles. The smallest absolute Gasteiger partial charge is 0.296 e. The van der Waals surface area contributed by atoms with Gasteiger partial charge in [0.25, 0.3) is 11.7 Å². The van der Waals surface area contributed by atoms with Gasteiger partial charge in [0, 0.05) is 5.56 Å². The van der Waals surface area contributed by atoms with Gasteiger partial charge in [-0.25, -0.2) is 0 Å². The SMILES string of the molecule is Cc1ccccc1COc1ccc(C(O)=C2C(=O)C(=O)N(Cc3ccco3)C2c2cccc(Oc3ccccc3)c2)cc1. The van der Waals surface area contributed by atoms with Crippen molar-refractivity contribution < 1.29 is 28.6 Å². The van der Waals surface area contributed by atoms with Crippen molar-refractivity contribution in [2.24, 2.45) is 0 Å². The summed E-state index contributed by atoms with van der Waals surface area (Å²) in [7, 11) is 0. The van der Waals surface area contributed by atoms with Crippen LogP contribution in [0.1, 0.15) is 34.1 Å². The molecule has 2 heterocycles. The molecule has 1 saturated heterocycles. The van der Waals surface area contributed by atoms with Crippen LogP contribution in [0.2, 0.25) is 0 Å². The number of nitrogens with zero attached hydrogens (tertiary/aromatic N) is 1. The highest BCUT2D eigenvalue weighted by Crippen LogP contribution is 2.41. The molecule has 6 rings (SSSR count). The molecule has 1 aromatic heterocycles. The number of Topliss-reactive ketones (excluding diaryl/α,β-unsaturated/α-hetero) is 1. The molecule has 1 amide bonds. The van der Waals surface area contributed by atoms with Gasteiger partial charge in [-0.2, -0.15) is 0 Å². The van der Waals surface area contributed by atoms with Crippen LogP contribution < -0.4 is 9.47 Å². The Labute approximate surface area is 249 Å². The van der Waals surface area contributed by atoms with E-state index in [2.05, 4.69) is 0 Å². The minimum atomic E-state index is -0.874. The van der Waals surface area contributed by atoms with Crippen molar-refractivity contribution in [2.75, 3.05) is 0 Å². The van der Waals surface area contributed by atoms with Gasteiger partial charge >= 0.3 is 0 Å². The molecule has 7 nitrogen and oxygen atoms in total. The third-order valence-electron chi connectivity index (χ3n) is 7.38. The number of amides is 1. The molecular weight excluding hydrogens is 542 g/mol. The molecule has 1 aliphatic heterocycles. The summed E-state index contributed by atoms with van der Waals surface area (Å²) >= 11 is 0. The average molecular weight is 572 g/mol. The largest absolute Gasteiger partial charge is 0.507 e. The molecule has 0 radical (unpaired) electrons. The summed E-state index contributed by atoms with van der Waals surface area (Å²) in [5, 5.41) is 11.5. The van der Waals surface area contributed by atoms with Crippen molar-refractivity contribution in [3.05, 3.63) is 155 Å². The average Bonchev–Trinajstić information content (AvgIpc) is 3.64. The topological polar surface area (TPSA) is 89.2 Å². The van der Waals surface area contributed by atoms with E-state index in [4.69, 9.17) is 13.9 Å². The molecule has 5 aromatic rings. The Balaban J connectivity index is 1.34. The molecule has 0 bridgehead atoms. The fourth-order valence-electron chi connectivity index (χ4n) is 5.13. The van der Waals surface area contributed by atoms with Crippen molar-refractivity contribution >= 4 is 17.4 Å². The first-order valence-corrected chi connectivity index (χ1v) is 13.9. The number of hydrogen-bond acceptors (Lipinski definition) is 6. The predicted octanol–water partition coefficient (Wildman–Crippen LogP) is 7.58. The molecule has 0 saturated carbocycles. The third kappa shape index (κ3) is 5.92. The zero-order valence-corrected chi connectivity index (χ0v) is 23.5. The Morgan fingerprint density at radius 3 is 2.30 bits per heavy atom. The van der Waals surface area contributed by atoms with E-state index in [9.17, 15) is 14.7 Å². The van der Waals surface area contributed by atoms with Gasteiger partial charge in [0.15, 0.2) is 0 Å². The van der Waals surface area contributed by atoms with Gasteiger partial charge in [0.2, 0.25) is 0 Å². The number of benzene rings is 4. The Hall–Kier alpha value is -5.56. The van der Waals surface area contributed by atoms with Crippen molar-refractivity contribution in [3.8, 4) is 17.2 Å². The van der Waals surface area contributed by atoms with Gasteiger partial charge in [-0.05, 0) is 84.3 Å². The summed E-state index contributed by atoms with van der Waals surface area (Å²) < 4.78 is 17.5. The van der Waals surface area contributed by atoms with Crippen LogP contribution in [0.4, 0.5) is 0 Å². The van der Waals surface area contributed by atoms with E-state index in [-0.39, 0.29) is 17.9 Å². The lowest BCUT2D eigenvalue weighted by molar-refractivity contribution is -0.140. The van der Waals surface area contributed by atoms with E-state index in [1.54, 1.807) is 60.7 Å². The first-order chi connectivity index (χ1) is 21.0. The zero-order chi connectivity index (χ0) is 29.8. The van der Waals surface area contributed by atoms with E-state index in [0.717, 1.165) is 11.1 Å². The summed E-state index contributed by atoms with van der Waals surface area (Å²) in [4.78, 5) is 28.3. The molecule has 214 valence electrons. The number of furan rings is 1. The first kappa shape index (κ1) is 27.6. The maximum atomic E-state index is 13.5. The van der Waals surface area contributed by atoms with Crippen LogP contribution in [0.15, 0.2) is 132 Å². The van der Waals surface area contributed by atoms with E-state index >= 15 is 0 Å². The standard InChI is InChI=1S/C36H29NO6/c1-24-9-5-6-10-27(24)23-42-28-18-16-25(17-19-28)34(38)32-33(37(36(40)35(32)39)22-31-15-8-20-41-31)26-11-7-14-30(21-26)43-29-12-3-2-4-13-29/h2-21,33,38H,22-23H2,1H3. The number of likely N-dealkylation sites (tertiary alicyclic amines) is 1. The Bertz CT molecular complexity index is 1770. The van der Waals surface area contributed by atoms with Crippen LogP contribution in [0, 0.1) is 6.92 Å². The fraction of sp³-hybridized carbons (Fsp3) is 0.111. The summed E-state index contributed by atoms with van der Waals surface area (Å²) in [5.41, 5.74) is 3.20. The Morgan fingerprint density at radius 1 is 0.814 bits per heavy atom. The van der Waals surface area contributed by atoms with Crippen molar-refractivity contribution in [2.45, 2.75) is 26.1 Å². The van der Waals surface area contributed by atoms with Gasteiger partial charge in [-0.3, -0.25) is 9.59 Å². The van der Waals surface area contributed by atoms with Gasteiger partial charge in [-0.15, -0.1) is 0 Å². The molecule has 7 heteroatoms. The van der Waals surface area contributed by atoms with E-state index in [1.807, 2.05) is 61.5 Å². The normalized spacial score (nSPS) is 15.9. The second-order valence-corrected chi connectivity index (χ2v) is 10.2. The van der Waals surface area contributed by atoms with Crippen LogP contribution in [0.5, 0.6) is 17.2 Å². The van der Waals surface area contributed by atoms with Crippen molar-refractivity contribution in [3.63, 3.8) is 0 Å². The molecule has 1 unspecified atom stereocenters. The highest BCUT2D eigenvalue weighted by molar-refractivity contribution is 6.46. The molecule has 1 fully saturated rings. The van der Waals surface area contributed by atoms with Gasteiger partial charge in [-0.1, -0.05) is 54.6 Å². The summed E-state index contributed by atoms with van der Waals surface area (Å²) in [6.45, 7) is 2.48. The van der Waals surface area contributed by atoms with Crippen LogP contribution in [0.3, 0.4) is 0 Å². The first-order valence-electron chi connectivity index (χ1n) is 13.9. The van der Waals surface area contributed by atoms with E-state index in [1.165, 1.54) is 11.2 Å². The van der Waals surface area contributed by atoms with Gasteiger partial charge in [0.05, 0.1) is 24.4 Å². The van der Waals surface area contributed by atoms with Gasteiger partial charge in [0.1, 0.15) is 35.4 Å². The minimum absolute atomic E-state index is 0.0120. The maximum Gasteiger partial charge on any atom is 0.296 e. The minimum Gasteiger partial charge on any atom is -0.507 e. The maximum absolute atomic E-state index is 13.5. The fourth-order valence-corrected chi connectivity index (χ4v) is 5.13. The molecule has 1 atom stereocenters. The number of rotatable bonds is 9. The molecule has 1 aliphatic rings. The highest BCUT2D eigenvalue weighted by atomic mass is 16.5. The predicted molar refractivity (Wildman–Crippen MR) is 161 cm³/mol.